The second-order valence-corrected chi connectivity index (χ2v) is 5.95. The van der Waals surface area contributed by atoms with E-state index in [-0.39, 0.29) is 5.69 Å². The van der Waals surface area contributed by atoms with Crippen molar-refractivity contribution in [3.05, 3.63) is 29.8 Å². The molecule has 1 saturated heterocycles. The smallest absolute Gasteiger partial charge is 0.356 e. The number of imidazole rings is 1. The zero-order valence-corrected chi connectivity index (χ0v) is 11.2. The SMILES string of the molecule is Nc1ccn2c(C3CCSCC3)nc(C(=O)O)c2c1. The molecule has 6 heteroatoms. The summed E-state index contributed by atoms with van der Waals surface area (Å²) in [6.07, 6.45) is 3.92. The molecule has 0 unspecified atom stereocenters. The Morgan fingerprint density at radius 3 is 2.89 bits per heavy atom. The summed E-state index contributed by atoms with van der Waals surface area (Å²) >= 11 is 1.94. The van der Waals surface area contributed by atoms with Crippen molar-refractivity contribution in [3.8, 4) is 0 Å². The molecule has 2 aromatic heterocycles. The highest BCUT2D eigenvalue weighted by atomic mass is 32.2. The minimum absolute atomic E-state index is 0.0977. The molecule has 0 radical (unpaired) electrons. The molecule has 3 N–H and O–H groups in total. The Hall–Kier alpha value is -1.69. The standard InChI is InChI=1S/C13H15N3O2S/c14-9-1-4-16-10(7-9)11(13(17)18)15-12(16)8-2-5-19-6-3-8/h1,4,7-8H,2-3,5-6,14H2,(H,17,18). The Bertz CT molecular complexity index is 632. The predicted octanol–water partition coefficient (Wildman–Crippen LogP) is 2.23. The van der Waals surface area contributed by atoms with E-state index in [9.17, 15) is 9.90 Å². The van der Waals surface area contributed by atoms with Gasteiger partial charge in [-0.05, 0) is 36.5 Å². The number of pyridine rings is 1. The highest BCUT2D eigenvalue weighted by Gasteiger charge is 2.24. The van der Waals surface area contributed by atoms with Gasteiger partial charge in [0.2, 0.25) is 0 Å². The highest BCUT2D eigenvalue weighted by molar-refractivity contribution is 7.99. The summed E-state index contributed by atoms with van der Waals surface area (Å²) in [6, 6.07) is 3.46. The Balaban J connectivity index is 2.16. The minimum Gasteiger partial charge on any atom is -0.476 e. The molecule has 0 bridgehead atoms. The summed E-state index contributed by atoms with van der Waals surface area (Å²) in [7, 11) is 0. The number of rotatable bonds is 2. The Kier molecular flexibility index (Phi) is 3.10. The maximum atomic E-state index is 11.3. The first kappa shape index (κ1) is 12.3. The van der Waals surface area contributed by atoms with Crippen LogP contribution >= 0.6 is 11.8 Å². The molecule has 1 fully saturated rings. The van der Waals surface area contributed by atoms with Crippen molar-refractivity contribution in [2.45, 2.75) is 18.8 Å². The molecule has 0 atom stereocenters. The Morgan fingerprint density at radius 2 is 2.21 bits per heavy atom. The number of carbonyl (C=O) groups is 1. The van der Waals surface area contributed by atoms with Crippen LogP contribution in [0.15, 0.2) is 18.3 Å². The molecule has 19 heavy (non-hydrogen) atoms. The van der Waals surface area contributed by atoms with Gasteiger partial charge in [-0.15, -0.1) is 0 Å². The average molecular weight is 277 g/mol. The molecule has 0 amide bonds. The van der Waals surface area contributed by atoms with E-state index in [1.54, 1.807) is 12.1 Å². The van der Waals surface area contributed by atoms with E-state index in [0.717, 1.165) is 30.2 Å². The molecule has 3 rings (SSSR count). The summed E-state index contributed by atoms with van der Waals surface area (Å²) in [5.74, 6) is 2.41. The van der Waals surface area contributed by atoms with Crippen molar-refractivity contribution in [2.24, 2.45) is 0 Å². The van der Waals surface area contributed by atoms with Gasteiger partial charge in [0.15, 0.2) is 5.69 Å². The van der Waals surface area contributed by atoms with Gasteiger partial charge in [0, 0.05) is 17.8 Å². The summed E-state index contributed by atoms with van der Waals surface area (Å²) < 4.78 is 1.88. The van der Waals surface area contributed by atoms with E-state index < -0.39 is 5.97 Å². The number of nitrogens with two attached hydrogens (primary N) is 1. The van der Waals surface area contributed by atoms with Crippen molar-refractivity contribution >= 4 is 28.9 Å². The molecule has 0 aliphatic carbocycles. The fraction of sp³-hybridized carbons (Fsp3) is 0.385. The van der Waals surface area contributed by atoms with Crippen molar-refractivity contribution in [1.29, 1.82) is 0 Å². The zero-order valence-electron chi connectivity index (χ0n) is 10.4. The number of hydrogen-bond acceptors (Lipinski definition) is 4. The normalized spacial score (nSPS) is 16.8. The fourth-order valence-electron chi connectivity index (χ4n) is 2.53. The topological polar surface area (TPSA) is 80.6 Å². The van der Waals surface area contributed by atoms with Crippen LogP contribution in [-0.4, -0.2) is 32.0 Å². The van der Waals surface area contributed by atoms with Crippen LogP contribution in [0.3, 0.4) is 0 Å². The van der Waals surface area contributed by atoms with Gasteiger partial charge in [0.25, 0.3) is 0 Å². The van der Waals surface area contributed by atoms with E-state index in [0.29, 0.717) is 17.1 Å². The van der Waals surface area contributed by atoms with Gasteiger partial charge in [-0.25, -0.2) is 9.78 Å². The average Bonchev–Trinajstić information content (AvgIpc) is 2.78. The van der Waals surface area contributed by atoms with Gasteiger partial charge in [0.1, 0.15) is 5.82 Å². The molecule has 0 saturated carbocycles. The van der Waals surface area contributed by atoms with Crippen LogP contribution in [0.25, 0.3) is 5.52 Å². The van der Waals surface area contributed by atoms with Crippen molar-refractivity contribution in [1.82, 2.24) is 9.38 Å². The van der Waals surface area contributed by atoms with Crippen LogP contribution in [-0.2, 0) is 0 Å². The van der Waals surface area contributed by atoms with Crippen LogP contribution in [0.4, 0.5) is 5.69 Å². The number of aromatic nitrogens is 2. The molecule has 1 aliphatic rings. The maximum absolute atomic E-state index is 11.3. The second-order valence-electron chi connectivity index (χ2n) is 4.73. The van der Waals surface area contributed by atoms with Gasteiger partial charge in [0.05, 0.1) is 5.52 Å². The first-order valence-corrected chi connectivity index (χ1v) is 7.41. The number of aromatic carboxylic acids is 1. The van der Waals surface area contributed by atoms with Crippen molar-refractivity contribution in [2.75, 3.05) is 17.2 Å². The molecular weight excluding hydrogens is 262 g/mol. The van der Waals surface area contributed by atoms with E-state index in [1.165, 1.54) is 0 Å². The molecule has 0 aromatic carbocycles. The molecule has 5 nitrogen and oxygen atoms in total. The lowest BCUT2D eigenvalue weighted by molar-refractivity contribution is 0.0693. The third kappa shape index (κ3) is 2.16. The van der Waals surface area contributed by atoms with Crippen molar-refractivity contribution < 1.29 is 9.90 Å². The van der Waals surface area contributed by atoms with E-state index in [2.05, 4.69) is 4.98 Å². The summed E-state index contributed by atoms with van der Waals surface area (Å²) in [5, 5.41) is 9.26. The van der Waals surface area contributed by atoms with E-state index in [4.69, 9.17) is 5.73 Å². The van der Waals surface area contributed by atoms with Gasteiger partial charge < -0.3 is 15.2 Å². The van der Waals surface area contributed by atoms with Crippen LogP contribution in [0.2, 0.25) is 0 Å². The molecule has 100 valence electrons. The maximum Gasteiger partial charge on any atom is 0.356 e. The summed E-state index contributed by atoms with van der Waals surface area (Å²) in [5.41, 5.74) is 6.98. The quantitative estimate of drug-likeness (QED) is 0.879. The summed E-state index contributed by atoms with van der Waals surface area (Å²) in [4.78, 5) is 15.7. The second kappa shape index (κ2) is 4.77. The van der Waals surface area contributed by atoms with Gasteiger partial charge in [-0.2, -0.15) is 11.8 Å². The van der Waals surface area contributed by atoms with Crippen LogP contribution < -0.4 is 5.73 Å². The third-order valence-corrected chi connectivity index (χ3v) is 4.53. The van der Waals surface area contributed by atoms with Crippen molar-refractivity contribution in [3.63, 3.8) is 0 Å². The number of hydrogen-bond donors (Lipinski definition) is 2. The Labute approximate surface area is 114 Å². The van der Waals surface area contributed by atoms with E-state index >= 15 is 0 Å². The molecule has 3 heterocycles. The molecule has 0 spiro atoms. The van der Waals surface area contributed by atoms with Gasteiger partial charge in [-0.1, -0.05) is 0 Å². The largest absolute Gasteiger partial charge is 0.476 e. The predicted molar refractivity (Wildman–Crippen MR) is 75.9 cm³/mol. The highest BCUT2D eigenvalue weighted by Crippen LogP contribution is 2.32. The van der Waals surface area contributed by atoms with Crippen LogP contribution in [0.5, 0.6) is 0 Å². The Morgan fingerprint density at radius 1 is 1.47 bits per heavy atom. The number of thioether (sulfide) groups is 1. The first-order chi connectivity index (χ1) is 9.16. The fourth-order valence-corrected chi connectivity index (χ4v) is 3.63. The van der Waals surface area contributed by atoms with Crippen LogP contribution in [0.1, 0.15) is 35.1 Å². The number of nitrogen functional groups attached to an aromatic ring is 1. The minimum atomic E-state index is -1.00. The summed E-state index contributed by atoms with van der Waals surface area (Å²) in [6.45, 7) is 0. The number of fused-ring (bicyclic) bond motifs is 1. The number of carboxylic acids is 1. The number of anilines is 1. The lowest BCUT2D eigenvalue weighted by Crippen LogP contribution is -2.11. The number of nitrogens with zero attached hydrogens (tertiary/aromatic N) is 2. The monoisotopic (exact) mass is 277 g/mol. The third-order valence-electron chi connectivity index (χ3n) is 3.48. The molecule has 1 aliphatic heterocycles. The van der Waals surface area contributed by atoms with E-state index in [1.807, 2.05) is 22.4 Å². The first-order valence-electron chi connectivity index (χ1n) is 6.25. The zero-order chi connectivity index (χ0) is 13.4. The lowest BCUT2D eigenvalue weighted by atomic mass is 10.0. The molecular formula is C13H15N3O2S. The molecule has 2 aromatic rings. The van der Waals surface area contributed by atoms with Gasteiger partial charge >= 0.3 is 5.97 Å². The van der Waals surface area contributed by atoms with Gasteiger partial charge in [-0.3, -0.25) is 0 Å². The lowest BCUT2D eigenvalue weighted by Gasteiger charge is -2.20. The number of carboxylic acid groups (broad SMARTS) is 1. The van der Waals surface area contributed by atoms with Crippen LogP contribution in [0, 0.1) is 0 Å².